The lowest BCUT2D eigenvalue weighted by Gasteiger charge is -2.13. The standard InChI is InChI=1S/C11H16N2O2/c1-8(6-7-12)15-10-4-2-9(3-5-10)11(13)14/h2-5,8H,6-7,12H2,1H3,(H2,13,14). The number of primary amides is 1. The van der Waals surface area contributed by atoms with Crippen molar-refractivity contribution < 1.29 is 9.53 Å². The molecule has 0 spiro atoms. The van der Waals surface area contributed by atoms with Crippen molar-refractivity contribution in [2.45, 2.75) is 19.4 Å². The van der Waals surface area contributed by atoms with Crippen molar-refractivity contribution in [3.05, 3.63) is 29.8 Å². The van der Waals surface area contributed by atoms with E-state index in [1.54, 1.807) is 24.3 Å². The van der Waals surface area contributed by atoms with Crippen LogP contribution in [0.4, 0.5) is 0 Å². The summed E-state index contributed by atoms with van der Waals surface area (Å²) in [7, 11) is 0. The van der Waals surface area contributed by atoms with E-state index >= 15 is 0 Å². The molecule has 1 rings (SSSR count). The third-order valence-electron chi connectivity index (χ3n) is 2.05. The SMILES string of the molecule is CC(CCN)Oc1ccc(C(N)=O)cc1. The fourth-order valence-corrected chi connectivity index (χ4v) is 1.22. The Hall–Kier alpha value is -1.55. The number of rotatable bonds is 5. The lowest BCUT2D eigenvalue weighted by atomic mass is 10.2. The molecule has 1 aromatic rings. The third kappa shape index (κ3) is 3.59. The molecule has 0 bridgehead atoms. The van der Waals surface area contributed by atoms with Gasteiger partial charge in [0.25, 0.3) is 0 Å². The zero-order valence-corrected chi connectivity index (χ0v) is 8.77. The molecule has 0 saturated carbocycles. The second-order valence-electron chi connectivity index (χ2n) is 3.39. The average molecular weight is 208 g/mol. The van der Waals surface area contributed by atoms with Crippen molar-refractivity contribution in [3.63, 3.8) is 0 Å². The van der Waals surface area contributed by atoms with E-state index in [0.717, 1.165) is 12.2 Å². The van der Waals surface area contributed by atoms with Crippen LogP contribution in [0.2, 0.25) is 0 Å². The van der Waals surface area contributed by atoms with Crippen molar-refractivity contribution >= 4 is 5.91 Å². The minimum absolute atomic E-state index is 0.0782. The van der Waals surface area contributed by atoms with Crippen molar-refractivity contribution in [2.24, 2.45) is 11.5 Å². The number of carbonyl (C=O) groups is 1. The highest BCUT2D eigenvalue weighted by atomic mass is 16.5. The maximum atomic E-state index is 10.8. The van der Waals surface area contributed by atoms with Gasteiger partial charge in [0.15, 0.2) is 0 Å². The first-order chi connectivity index (χ1) is 7.13. The van der Waals surface area contributed by atoms with Crippen LogP contribution in [0.15, 0.2) is 24.3 Å². The predicted octanol–water partition coefficient (Wildman–Crippen LogP) is 0.902. The van der Waals surface area contributed by atoms with Gasteiger partial charge in [-0.25, -0.2) is 0 Å². The van der Waals surface area contributed by atoms with Crippen LogP contribution in [0.1, 0.15) is 23.7 Å². The topological polar surface area (TPSA) is 78.3 Å². The summed E-state index contributed by atoms with van der Waals surface area (Å²) in [6.45, 7) is 2.55. The smallest absolute Gasteiger partial charge is 0.248 e. The number of carbonyl (C=O) groups excluding carboxylic acids is 1. The van der Waals surface area contributed by atoms with Crippen LogP contribution in [0, 0.1) is 0 Å². The van der Waals surface area contributed by atoms with Crippen LogP contribution in [-0.2, 0) is 0 Å². The Morgan fingerprint density at radius 3 is 2.47 bits per heavy atom. The second-order valence-corrected chi connectivity index (χ2v) is 3.39. The van der Waals surface area contributed by atoms with Crippen molar-refractivity contribution in [1.29, 1.82) is 0 Å². The Labute approximate surface area is 89.2 Å². The summed E-state index contributed by atoms with van der Waals surface area (Å²) in [6.07, 6.45) is 0.881. The molecular formula is C11H16N2O2. The summed E-state index contributed by atoms with van der Waals surface area (Å²) in [6, 6.07) is 6.75. The number of hydrogen-bond acceptors (Lipinski definition) is 3. The Kier molecular flexibility index (Phi) is 4.12. The van der Waals surface area contributed by atoms with Crippen LogP contribution in [-0.4, -0.2) is 18.6 Å². The average Bonchev–Trinajstić information content (AvgIpc) is 2.18. The Bertz CT molecular complexity index is 322. The van der Waals surface area contributed by atoms with Gasteiger partial charge in [-0.2, -0.15) is 0 Å². The van der Waals surface area contributed by atoms with E-state index in [2.05, 4.69) is 0 Å². The molecule has 0 aliphatic carbocycles. The van der Waals surface area contributed by atoms with Crippen LogP contribution in [0.5, 0.6) is 5.75 Å². The number of hydrogen-bond donors (Lipinski definition) is 2. The molecular weight excluding hydrogens is 192 g/mol. The normalized spacial score (nSPS) is 12.1. The van der Waals surface area contributed by atoms with E-state index in [1.165, 1.54) is 0 Å². The van der Waals surface area contributed by atoms with Gasteiger partial charge in [-0.05, 0) is 44.2 Å². The van der Waals surface area contributed by atoms with Crippen LogP contribution < -0.4 is 16.2 Å². The molecule has 82 valence electrons. The minimum Gasteiger partial charge on any atom is -0.491 e. The molecule has 4 N–H and O–H groups in total. The summed E-state index contributed by atoms with van der Waals surface area (Å²) in [5, 5.41) is 0. The van der Waals surface area contributed by atoms with Gasteiger partial charge in [0, 0.05) is 5.56 Å². The highest BCUT2D eigenvalue weighted by Gasteiger charge is 2.04. The summed E-state index contributed by atoms with van der Waals surface area (Å²) in [5.41, 5.74) is 11.0. The van der Waals surface area contributed by atoms with Crippen molar-refractivity contribution in [1.82, 2.24) is 0 Å². The van der Waals surface area contributed by atoms with Gasteiger partial charge in [0.05, 0.1) is 6.10 Å². The lowest BCUT2D eigenvalue weighted by molar-refractivity contribution is 0.100. The molecule has 15 heavy (non-hydrogen) atoms. The summed E-state index contributed by atoms with van der Waals surface area (Å²) in [4.78, 5) is 10.8. The Morgan fingerprint density at radius 1 is 1.40 bits per heavy atom. The molecule has 1 atom stereocenters. The number of ether oxygens (including phenoxy) is 1. The number of amides is 1. The monoisotopic (exact) mass is 208 g/mol. The van der Waals surface area contributed by atoms with E-state index < -0.39 is 5.91 Å². The molecule has 1 unspecified atom stereocenters. The zero-order valence-electron chi connectivity index (χ0n) is 8.77. The van der Waals surface area contributed by atoms with Crippen molar-refractivity contribution in [3.8, 4) is 5.75 Å². The first kappa shape index (κ1) is 11.5. The molecule has 0 aromatic heterocycles. The fourth-order valence-electron chi connectivity index (χ4n) is 1.22. The highest BCUT2D eigenvalue weighted by Crippen LogP contribution is 2.14. The molecule has 1 aromatic carbocycles. The highest BCUT2D eigenvalue weighted by molar-refractivity contribution is 5.92. The molecule has 0 heterocycles. The van der Waals surface area contributed by atoms with Gasteiger partial charge in [0.1, 0.15) is 5.75 Å². The third-order valence-corrected chi connectivity index (χ3v) is 2.05. The zero-order chi connectivity index (χ0) is 11.3. The molecule has 1 amide bonds. The van der Waals surface area contributed by atoms with E-state index in [1.807, 2.05) is 6.92 Å². The molecule has 0 aliphatic heterocycles. The fraction of sp³-hybridized carbons (Fsp3) is 0.364. The van der Waals surface area contributed by atoms with Gasteiger partial charge in [0.2, 0.25) is 5.91 Å². The summed E-state index contributed by atoms with van der Waals surface area (Å²) in [5.74, 6) is 0.289. The van der Waals surface area contributed by atoms with Crippen LogP contribution >= 0.6 is 0 Å². The van der Waals surface area contributed by atoms with Crippen LogP contribution in [0.3, 0.4) is 0 Å². The van der Waals surface area contributed by atoms with Gasteiger partial charge in [-0.1, -0.05) is 0 Å². The molecule has 4 heteroatoms. The maximum Gasteiger partial charge on any atom is 0.248 e. The van der Waals surface area contributed by atoms with Gasteiger partial charge < -0.3 is 16.2 Å². The first-order valence-electron chi connectivity index (χ1n) is 4.90. The first-order valence-corrected chi connectivity index (χ1v) is 4.90. The van der Waals surface area contributed by atoms with Gasteiger partial charge in [-0.15, -0.1) is 0 Å². The van der Waals surface area contributed by atoms with Gasteiger partial charge in [-0.3, -0.25) is 4.79 Å². The predicted molar refractivity (Wildman–Crippen MR) is 58.7 cm³/mol. The molecule has 4 nitrogen and oxygen atoms in total. The second kappa shape index (κ2) is 5.36. The van der Waals surface area contributed by atoms with Crippen LogP contribution in [0.25, 0.3) is 0 Å². The Morgan fingerprint density at radius 2 is 2.00 bits per heavy atom. The van der Waals surface area contributed by atoms with Gasteiger partial charge >= 0.3 is 0 Å². The minimum atomic E-state index is -0.434. The largest absolute Gasteiger partial charge is 0.491 e. The molecule has 0 radical (unpaired) electrons. The summed E-state index contributed by atoms with van der Waals surface area (Å²) >= 11 is 0. The lowest BCUT2D eigenvalue weighted by Crippen LogP contribution is -2.17. The van der Waals surface area contributed by atoms with E-state index in [4.69, 9.17) is 16.2 Å². The van der Waals surface area contributed by atoms with Crippen molar-refractivity contribution in [2.75, 3.05) is 6.54 Å². The van der Waals surface area contributed by atoms with E-state index in [-0.39, 0.29) is 6.10 Å². The molecule has 0 aliphatic rings. The number of benzene rings is 1. The maximum absolute atomic E-state index is 10.8. The Balaban J connectivity index is 2.60. The molecule has 0 fully saturated rings. The number of nitrogens with two attached hydrogens (primary N) is 2. The van der Waals surface area contributed by atoms with E-state index in [9.17, 15) is 4.79 Å². The molecule has 0 saturated heterocycles. The quantitative estimate of drug-likeness (QED) is 0.754. The summed E-state index contributed by atoms with van der Waals surface area (Å²) < 4.78 is 5.56. The van der Waals surface area contributed by atoms with E-state index in [0.29, 0.717) is 12.1 Å².